The minimum absolute atomic E-state index is 0.0299. The van der Waals surface area contributed by atoms with Crippen LogP contribution in [-0.2, 0) is 14.4 Å². The Morgan fingerprint density at radius 1 is 1.44 bits per heavy atom. The molecule has 16 heavy (non-hydrogen) atoms. The Morgan fingerprint density at radius 2 is 2.12 bits per heavy atom. The number of carbonyl (C=O) groups is 4. The topological polar surface area (TPSA) is 116 Å². The maximum absolute atomic E-state index is 11.2. The molecule has 88 valence electrons. The lowest BCUT2D eigenvalue weighted by molar-refractivity contribution is -0.137. The molecule has 0 spiro atoms. The number of rotatable bonds is 5. The van der Waals surface area contributed by atoms with Crippen LogP contribution in [0.4, 0.5) is 4.79 Å². The number of hydrogen-bond acceptors (Lipinski definition) is 4. The van der Waals surface area contributed by atoms with E-state index in [1.54, 1.807) is 0 Å². The second-order valence-corrected chi connectivity index (χ2v) is 3.13. The van der Waals surface area contributed by atoms with E-state index in [1.807, 2.05) is 0 Å². The van der Waals surface area contributed by atoms with Gasteiger partial charge in [0, 0.05) is 6.54 Å². The van der Waals surface area contributed by atoms with Gasteiger partial charge < -0.3 is 15.7 Å². The van der Waals surface area contributed by atoms with E-state index in [-0.39, 0.29) is 26.1 Å². The van der Waals surface area contributed by atoms with Crippen LogP contribution in [0, 0.1) is 0 Å². The normalized spacial score (nSPS) is 14.9. The van der Waals surface area contributed by atoms with Crippen LogP contribution >= 0.6 is 0 Å². The maximum atomic E-state index is 11.2. The van der Waals surface area contributed by atoms with Gasteiger partial charge in [-0.2, -0.15) is 0 Å². The summed E-state index contributed by atoms with van der Waals surface area (Å²) < 4.78 is 0. The van der Waals surface area contributed by atoms with Crippen LogP contribution in [-0.4, -0.2) is 53.5 Å². The van der Waals surface area contributed by atoms with Gasteiger partial charge in [-0.15, -0.1) is 0 Å². The van der Waals surface area contributed by atoms with Crippen molar-refractivity contribution in [2.24, 2.45) is 0 Å². The third-order valence-electron chi connectivity index (χ3n) is 1.90. The van der Waals surface area contributed by atoms with E-state index >= 15 is 0 Å². The molecular weight excluding hydrogens is 218 g/mol. The molecule has 3 N–H and O–H groups in total. The van der Waals surface area contributed by atoms with Gasteiger partial charge in [0.2, 0.25) is 5.91 Å². The fraction of sp³-hybridized carbons (Fsp3) is 0.500. The molecule has 0 aromatic rings. The molecule has 1 aliphatic heterocycles. The predicted octanol–water partition coefficient (Wildman–Crippen LogP) is -1.87. The number of urea groups is 1. The summed E-state index contributed by atoms with van der Waals surface area (Å²) in [5.74, 6) is -2.07. The highest BCUT2D eigenvalue weighted by molar-refractivity contribution is 6.04. The van der Waals surface area contributed by atoms with Crippen molar-refractivity contribution in [3.8, 4) is 0 Å². The molecule has 0 aliphatic carbocycles. The first-order valence-corrected chi connectivity index (χ1v) is 4.57. The highest BCUT2D eigenvalue weighted by atomic mass is 16.4. The molecule has 1 aliphatic rings. The zero-order chi connectivity index (χ0) is 12.1. The molecule has 0 saturated carbocycles. The minimum atomic E-state index is -1.03. The lowest BCUT2D eigenvalue weighted by atomic mass is 10.4. The van der Waals surface area contributed by atoms with E-state index < -0.39 is 23.8 Å². The molecule has 1 fully saturated rings. The van der Waals surface area contributed by atoms with E-state index in [2.05, 4.69) is 10.6 Å². The largest absolute Gasteiger partial charge is 0.481 e. The van der Waals surface area contributed by atoms with Gasteiger partial charge in [-0.05, 0) is 0 Å². The van der Waals surface area contributed by atoms with Crippen molar-refractivity contribution in [2.45, 2.75) is 6.42 Å². The summed E-state index contributed by atoms with van der Waals surface area (Å²) in [6.07, 6.45) is -0.202. The predicted molar refractivity (Wildman–Crippen MR) is 50.4 cm³/mol. The van der Waals surface area contributed by atoms with Gasteiger partial charge in [-0.1, -0.05) is 0 Å². The van der Waals surface area contributed by atoms with Gasteiger partial charge in [-0.25, -0.2) is 4.79 Å². The zero-order valence-electron chi connectivity index (χ0n) is 8.36. The monoisotopic (exact) mass is 229 g/mol. The van der Waals surface area contributed by atoms with Crippen LogP contribution in [0.15, 0.2) is 0 Å². The molecule has 0 radical (unpaired) electrons. The Bertz CT molecular complexity index is 325. The van der Waals surface area contributed by atoms with E-state index in [1.165, 1.54) is 0 Å². The van der Waals surface area contributed by atoms with Crippen molar-refractivity contribution in [3.63, 3.8) is 0 Å². The highest BCUT2D eigenvalue weighted by Crippen LogP contribution is 1.97. The molecule has 0 aromatic heterocycles. The number of nitrogens with one attached hydrogen (secondary N) is 2. The molecular formula is C8H11N3O5. The molecule has 1 saturated heterocycles. The number of nitrogens with zero attached hydrogens (tertiary/aromatic N) is 1. The van der Waals surface area contributed by atoms with Crippen LogP contribution in [0.2, 0.25) is 0 Å². The SMILES string of the molecule is O=C(O)CCNC(=O)CN1C(=O)CNC1=O. The first-order chi connectivity index (χ1) is 7.50. The van der Waals surface area contributed by atoms with Gasteiger partial charge in [-0.3, -0.25) is 19.3 Å². The molecule has 0 bridgehead atoms. The van der Waals surface area contributed by atoms with Gasteiger partial charge >= 0.3 is 12.0 Å². The van der Waals surface area contributed by atoms with Gasteiger partial charge in [0.1, 0.15) is 6.54 Å². The first-order valence-electron chi connectivity index (χ1n) is 4.57. The third kappa shape index (κ3) is 3.23. The van der Waals surface area contributed by atoms with Crippen molar-refractivity contribution >= 4 is 23.8 Å². The lowest BCUT2D eigenvalue weighted by Gasteiger charge is -2.11. The van der Waals surface area contributed by atoms with E-state index in [0.717, 1.165) is 4.90 Å². The Labute approximate surface area is 90.6 Å². The second kappa shape index (κ2) is 5.10. The zero-order valence-corrected chi connectivity index (χ0v) is 8.36. The van der Waals surface area contributed by atoms with Gasteiger partial charge in [0.05, 0.1) is 13.0 Å². The molecule has 8 nitrogen and oxygen atoms in total. The van der Waals surface area contributed by atoms with Crippen molar-refractivity contribution < 1.29 is 24.3 Å². The average molecular weight is 229 g/mol. The molecule has 0 aromatic carbocycles. The number of carboxylic acid groups (broad SMARTS) is 1. The minimum Gasteiger partial charge on any atom is -0.481 e. The van der Waals surface area contributed by atoms with Crippen LogP contribution in [0.25, 0.3) is 0 Å². The van der Waals surface area contributed by atoms with Gasteiger partial charge in [0.25, 0.3) is 5.91 Å². The van der Waals surface area contributed by atoms with Crippen LogP contribution in [0.1, 0.15) is 6.42 Å². The number of hydrogen-bond donors (Lipinski definition) is 3. The summed E-state index contributed by atoms with van der Waals surface area (Å²) >= 11 is 0. The Balaban J connectivity index is 2.31. The molecule has 1 heterocycles. The maximum Gasteiger partial charge on any atom is 0.325 e. The quantitative estimate of drug-likeness (QED) is 0.477. The summed E-state index contributed by atoms with van der Waals surface area (Å²) in [6.45, 7) is -0.524. The Hall–Kier alpha value is -2.12. The van der Waals surface area contributed by atoms with Crippen LogP contribution in [0.5, 0.6) is 0 Å². The van der Waals surface area contributed by atoms with Gasteiger partial charge in [0.15, 0.2) is 0 Å². The van der Waals surface area contributed by atoms with Crippen LogP contribution in [0.3, 0.4) is 0 Å². The second-order valence-electron chi connectivity index (χ2n) is 3.13. The van der Waals surface area contributed by atoms with E-state index in [4.69, 9.17) is 5.11 Å². The van der Waals surface area contributed by atoms with E-state index in [9.17, 15) is 19.2 Å². The number of carbonyl (C=O) groups excluding carboxylic acids is 3. The summed E-state index contributed by atoms with van der Waals surface area (Å²) in [5.41, 5.74) is 0. The Morgan fingerprint density at radius 3 is 2.62 bits per heavy atom. The number of amides is 4. The molecule has 1 rings (SSSR count). The van der Waals surface area contributed by atoms with Crippen LogP contribution < -0.4 is 10.6 Å². The smallest absolute Gasteiger partial charge is 0.325 e. The van der Waals surface area contributed by atoms with Crippen molar-refractivity contribution in [1.29, 1.82) is 0 Å². The number of carboxylic acids is 1. The van der Waals surface area contributed by atoms with E-state index in [0.29, 0.717) is 0 Å². The van der Waals surface area contributed by atoms with Crippen molar-refractivity contribution in [3.05, 3.63) is 0 Å². The van der Waals surface area contributed by atoms with Crippen molar-refractivity contribution in [2.75, 3.05) is 19.6 Å². The highest BCUT2D eigenvalue weighted by Gasteiger charge is 2.29. The van der Waals surface area contributed by atoms with Crippen molar-refractivity contribution in [1.82, 2.24) is 15.5 Å². The average Bonchev–Trinajstić information content (AvgIpc) is 2.49. The summed E-state index contributed by atoms with van der Waals surface area (Å²) in [5, 5.41) is 12.9. The standard InChI is InChI=1S/C8H11N3O5/c12-5(9-2-1-7(14)15)4-11-6(13)3-10-8(11)16/h1-4H2,(H,9,12)(H,10,16)(H,14,15). The lowest BCUT2D eigenvalue weighted by Crippen LogP contribution is -2.41. The summed E-state index contributed by atoms with van der Waals surface area (Å²) in [7, 11) is 0. The fourth-order valence-corrected chi connectivity index (χ4v) is 1.12. The molecule has 4 amide bonds. The number of aliphatic carboxylic acids is 1. The number of imide groups is 1. The summed E-state index contributed by atoms with van der Waals surface area (Å²) in [4.78, 5) is 44.2. The molecule has 0 unspecified atom stereocenters. The fourth-order valence-electron chi connectivity index (χ4n) is 1.12. The summed E-state index contributed by atoms with van der Waals surface area (Å²) in [6, 6.07) is -0.613. The third-order valence-corrected chi connectivity index (χ3v) is 1.90. The molecule has 8 heteroatoms. The Kier molecular flexibility index (Phi) is 3.81. The first kappa shape index (κ1) is 12.0. The molecule has 0 atom stereocenters.